The van der Waals surface area contributed by atoms with Crippen molar-refractivity contribution in [2.75, 3.05) is 7.11 Å². The lowest BCUT2D eigenvalue weighted by Crippen LogP contribution is -2.29. The van der Waals surface area contributed by atoms with Gasteiger partial charge in [0.1, 0.15) is 11.9 Å². The first-order valence-corrected chi connectivity index (χ1v) is 4.84. The molecule has 17 heavy (non-hydrogen) atoms. The maximum Gasteiger partial charge on any atom is 0.337 e. The van der Waals surface area contributed by atoms with Crippen LogP contribution in [0.15, 0.2) is 18.2 Å². The molecule has 0 heterocycles. The van der Waals surface area contributed by atoms with Crippen molar-refractivity contribution in [2.45, 2.75) is 18.8 Å². The highest BCUT2D eigenvalue weighted by atomic mass is 19.1. The standard InChI is InChI=1S/C11H13FO5/c1-17-11(16)10(15)9(14)8-3-2-7(12)4-6(8)5-13/h2-4,9-10,13-15H,5H2,1H3. The van der Waals surface area contributed by atoms with Crippen molar-refractivity contribution in [3.05, 3.63) is 35.1 Å². The number of rotatable bonds is 4. The number of carbonyl (C=O) groups is 1. The molecule has 0 saturated carbocycles. The summed E-state index contributed by atoms with van der Waals surface area (Å²) < 4.78 is 17.1. The second-order valence-electron chi connectivity index (χ2n) is 3.41. The molecule has 0 amide bonds. The molecule has 0 bridgehead atoms. The summed E-state index contributed by atoms with van der Waals surface area (Å²) in [6.45, 7) is -0.516. The van der Waals surface area contributed by atoms with Crippen LogP contribution in [0.3, 0.4) is 0 Å². The van der Waals surface area contributed by atoms with Crippen molar-refractivity contribution in [3.8, 4) is 0 Å². The van der Waals surface area contributed by atoms with Gasteiger partial charge in [-0.2, -0.15) is 0 Å². The minimum atomic E-state index is -1.78. The number of halogens is 1. The molecule has 0 spiro atoms. The third-order valence-electron chi connectivity index (χ3n) is 2.34. The number of methoxy groups -OCH3 is 1. The Bertz CT molecular complexity index is 407. The van der Waals surface area contributed by atoms with E-state index in [1.54, 1.807) is 0 Å². The average Bonchev–Trinajstić information content (AvgIpc) is 2.35. The van der Waals surface area contributed by atoms with E-state index in [-0.39, 0.29) is 11.1 Å². The molecule has 5 nitrogen and oxygen atoms in total. The van der Waals surface area contributed by atoms with E-state index < -0.39 is 30.6 Å². The van der Waals surface area contributed by atoms with Crippen LogP contribution in [0.2, 0.25) is 0 Å². The zero-order valence-electron chi connectivity index (χ0n) is 9.13. The third-order valence-corrected chi connectivity index (χ3v) is 2.34. The number of hydrogen-bond acceptors (Lipinski definition) is 5. The number of hydrogen-bond donors (Lipinski definition) is 3. The fraction of sp³-hybridized carbons (Fsp3) is 0.364. The highest BCUT2D eigenvalue weighted by molar-refractivity contribution is 5.75. The van der Waals surface area contributed by atoms with Gasteiger partial charge in [0.25, 0.3) is 0 Å². The first-order chi connectivity index (χ1) is 8.01. The Labute approximate surface area is 97.1 Å². The minimum absolute atomic E-state index is 0.0757. The van der Waals surface area contributed by atoms with Gasteiger partial charge in [0.15, 0.2) is 6.10 Å². The third kappa shape index (κ3) is 3.00. The van der Waals surface area contributed by atoms with Gasteiger partial charge in [0.05, 0.1) is 13.7 Å². The maximum absolute atomic E-state index is 12.9. The Hall–Kier alpha value is -1.50. The van der Waals surface area contributed by atoms with E-state index in [2.05, 4.69) is 4.74 Å². The molecule has 6 heteroatoms. The molecule has 0 saturated heterocycles. The summed E-state index contributed by atoms with van der Waals surface area (Å²) in [6.07, 6.45) is -3.36. The van der Waals surface area contributed by atoms with Crippen molar-refractivity contribution in [1.82, 2.24) is 0 Å². The zero-order chi connectivity index (χ0) is 13.0. The topological polar surface area (TPSA) is 87.0 Å². The van der Waals surface area contributed by atoms with Crippen LogP contribution in [0.4, 0.5) is 4.39 Å². The highest BCUT2D eigenvalue weighted by Crippen LogP contribution is 2.23. The van der Waals surface area contributed by atoms with Gasteiger partial charge in [0, 0.05) is 0 Å². The zero-order valence-corrected chi connectivity index (χ0v) is 9.13. The number of esters is 1. The van der Waals surface area contributed by atoms with Crippen LogP contribution in [0, 0.1) is 5.82 Å². The summed E-state index contributed by atoms with van der Waals surface area (Å²) in [4.78, 5) is 11.0. The number of aliphatic hydroxyl groups is 3. The molecule has 0 aromatic heterocycles. The van der Waals surface area contributed by atoms with E-state index >= 15 is 0 Å². The van der Waals surface area contributed by atoms with Crippen LogP contribution in [0.25, 0.3) is 0 Å². The Morgan fingerprint density at radius 2 is 2.12 bits per heavy atom. The van der Waals surface area contributed by atoms with Crippen molar-refractivity contribution in [1.29, 1.82) is 0 Å². The number of benzene rings is 1. The second kappa shape index (κ2) is 5.72. The first-order valence-electron chi connectivity index (χ1n) is 4.84. The van der Waals surface area contributed by atoms with Gasteiger partial charge in [0.2, 0.25) is 0 Å². The van der Waals surface area contributed by atoms with Gasteiger partial charge in [-0.15, -0.1) is 0 Å². The smallest absolute Gasteiger partial charge is 0.337 e. The van der Waals surface area contributed by atoms with Gasteiger partial charge in [-0.05, 0) is 23.3 Å². The molecule has 0 radical (unpaired) electrons. The normalized spacial score (nSPS) is 14.2. The molecule has 0 aliphatic carbocycles. The number of ether oxygens (including phenoxy) is 1. The van der Waals surface area contributed by atoms with Crippen LogP contribution in [0.1, 0.15) is 17.2 Å². The van der Waals surface area contributed by atoms with Gasteiger partial charge >= 0.3 is 5.97 Å². The fourth-order valence-corrected chi connectivity index (χ4v) is 1.42. The molecule has 0 aliphatic heterocycles. The second-order valence-corrected chi connectivity index (χ2v) is 3.41. The van der Waals surface area contributed by atoms with E-state index in [0.29, 0.717) is 0 Å². The van der Waals surface area contributed by atoms with Crippen LogP contribution >= 0.6 is 0 Å². The number of aliphatic hydroxyl groups excluding tert-OH is 3. The molecule has 3 N–H and O–H groups in total. The van der Waals surface area contributed by atoms with Gasteiger partial charge in [-0.3, -0.25) is 0 Å². The molecule has 2 unspecified atom stereocenters. The van der Waals surface area contributed by atoms with Crippen LogP contribution in [-0.4, -0.2) is 34.5 Å². The SMILES string of the molecule is COC(=O)C(O)C(O)c1ccc(F)cc1CO. The summed E-state index contributed by atoms with van der Waals surface area (Å²) in [5.74, 6) is -1.59. The van der Waals surface area contributed by atoms with Gasteiger partial charge in [-0.25, -0.2) is 9.18 Å². The van der Waals surface area contributed by atoms with E-state index in [1.807, 2.05) is 0 Å². The molecular weight excluding hydrogens is 231 g/mol. The average molecular weight is 244 g/mol. The van der Waals surface area contributed by atoms with Crippen molar-refractivity contribution in [3.63, 3.8) is 0 Å². The summed E-state index contributed by atoms with van der Waals surface area (Å²) in [7, 11) is 1.07. The van der Waals surface area contributed by atoms with Crippen LogP contribution in [-0.2, 0) is 16.1 Å². The number of carbonyl (C=O) groups excluding carboxylic acids is 1. The molecule has 94 valence electrons. The molecule has 1 aromatic carbocycles. The van der Waals surface area contributed by atoms with E-state index in [0.717, 1.165) is 19.2 Å². The van der Waals surface area contributed by atoms with Gasteiger partial charge in [-0.1, -0.05) is 6.07 Å². The lowest BCUT2D eigenvalue weighted by atomic mass is 9.99. The predicted octanol–water partition coefficient (Wildman–Crippen LogP) is -0.115. The van der Waals surface area contributed by atoms with Gasteiger partial charge < -0.3 is 20.1 Å². The molecule has 2 atom stereocenters. The fourth-order valence-electron chi connectivity index (χ4n) is 1.42. The molecule has 0 aliphatic rings. The van der Waals surface area contributed by atoms with E-state index in [9.17, 15) is 19.4 Å². The monoisotopic (exact) mass is 244 g/mol. The van der Waals surface area contributed by atoms with Crippen molar-refractivity contribution in [2.24, 2.45) is 0 Å². The molecule has 1 rings (SSSR count). The molecule has 0 fully saturated rings. The van der Waals surface area contributed by atoms with Crippen molar-refractivity contribution >= 4 is 5.97 Å². The summed E-state index contributed by atoms with van der Waals surface area (Å²) in [5.41, 5.74) is 0.173. The lowest BCUT2D eigenvalue weighted by molar-refractivity contribution is -0.156. The molecular formula is C11H13FO5. The first kappa shape index (κ1) is 13.6. The Morgan fingerprint density at radius 1 is 1.47 bits per heavy atom. The summed E-state index contributed by atoms with van der Waals surface area (Å²) in [6, 6.07) is 3.27. The summed E-state index contributed by atoms with van der Waals surface area (Å²) >= 11 is 0. The highest BCUT2D eigenvalue weighted by Gasteiger charge is 2.28. The minimum Gasteiger partial charge on any atom is -0.467 e. The van der Waals surface area contributed by atoms with Crippen LogP contribution < -0.4 is 0 Å². The Balaban J connectivity index is 3.03. The largest absolute Gasteiger partial charge is 0.467 e. The Kier molecular flexibility index (Phi) is 4.56. The van der Waals surface area contributed by atoms with E-state index in [4.69, 9.17) is 5.11 Å². The van der Waals surface area contributed by atoms with Crippen molar-refractivity contribution < 1.29 is 29.2 Å². The quantitative estimate of drug-likeness (QED) is 0.643. The summed E-state index contributed by atoms with van der Waals surface area (Å²) in [5, 5.41) is 28.1. The Morgan fingerprint density at radius 3 is 2.65 bits per heavy atom. The van der Waals surface area contributed by atoms with E-state index in [1.165, 1.54) is 6.07 Å². The van der Waals surface area contributed by atoms with Crippen LogP contribution in [0.5, 0.6) is 0 Å². The lowest BCUT2D eigenvalue weighted by Gasteiger charge is -2.18. The maximum atomic E-state index is 12.9. The molecule has 1 aromatic rings. The predicted molar refractivity (Wildman–Crippen MR) is 55.3 cm³/mol.